The molecule has 5 fully saturated rings. The van der Waals surface area contributed by atoms with E-state index in [4.69, 9.17) is 4.74 Å². The summed E-state index contributed by atoms with van der Waals surface area (Å²) < 4.78 is 5.72. The average Bonchev–Trinajstić information content (AvgIpc) is 2.90. The molecule has 0 radical (unpaired) electrons. The number of hydrogen-bond donors (Lipinski definition) is 1. The highest BCUT2D eigenvalue weighted by atomic mass is 16.5. The van der Waals surface area contributed by atoms with Gasteiger partial charge in [-0.2, -0.15) is 0 Å². The van der Waals surface area contributed by atoms with Crippen LogP contribution in [0.5, 0.6) is 0 Å². The first-order valence-electron chi connectivity index (χ1n) is 8.57. The summed E-state index contributed by atoms with van der Waals surface area (Å²) in [6.45, 7) is 2.98. The minimum Gasteiger partial charge on any atom is -0.376 e. The predicted molar refractivity (Wildman–Crippen MR) is 77.2 cm³/mol. The van der Waals surface area contributed by atoms with Crippen LogP contribution in [0.3, 0.4) is 0 Å². The molecule has 5 rings (SSSR count). The molecule has 3 heteroatoms. The molecule has 4 bridgehead atoms. The van der Waals surface area contributed by atoms with E-state index >= 15 is 0 Å². The lowest BCUT2D eigenvalue weighted by Crippen LogP contribution is -2.56. The second-order valence-corrected chi connectivity index (χ2v) is 8.01. The Bertz CT molecular complexity index is 365. The average molecular weight is 277 g/mol. The Morgan fingerprint density at radius 2 is 1.75 bits per heavy atom. The molecule has 1 heterocycles. The van der Waals surface area contributed by atoms with Gasteiger partial charge in [-0.05, 0) is 76.0 Å². The Hall–Kier alpha value is -0.570. The van der Waals surface area contributed by atoms with E-state index in [1.54, 1.807) is 0 Å². The van der Waals surface area contributed by atoms with E-state index in [2.05, 4.69) is 12.2 Å². The molecule has 4 saturated carbocycles. The van der Waals surface area contributed by atoms with Crippen LogP contribution in [-0.2, 0) is 9.53 Å². The number of carbonyl (C=O) groups excluding carboxylic acids is 1. The van der Waals surface area contributed by atoms with E-state index in [9.17, 15) is 4.79 Å². The number of carbonyl (C=O) groups is 1. The number of amides is 1. The lowest BCUT2D eigenvalue weighted by molar-refractivity contribution is -0.147. The Labute approximate surface area is 121 Å². The van der Waals surface area contributed by atoms with Gasteiger partial charge in [-0.3, -0.25) is 4.79 Å². The summed E-state index contributed by atoms with van der Waals surface area (Å²) in [5.41, 5.74) is -0.0123. The maximum absolute atomic E-state index is 12.9. The van der Waals surface area contributed by atoms with Crippen LogP contribution in [0, 0.1) is 23.2 Å². The normalized spacial score (nSPS) is 47.5. The number of rotatable bonds is 3. The van der Waals surface area contributed by atoms with Gasteiger partial charge in [-0.15, -0.1) is 0 Å². The third kappa shape index (κ3) is 2.09. The van der Waals surface area contributed by atoms with Crippen LogP contribution in [0.2, 0.25) is 0 Å². The SMILES string of the molecule is C[C@@H](NC(=O)C12CC3CC(CC(C3)C1)C2)[C@H]1CCCO1. The zero-order valence-electron chi connectivity index (χ0n) is 12.6. The van der Waals surface area contributed by atoms with Gasteiger partial charge < -0.3 is 10.1 Å². The van der Waals surface area contributed by atoms with Gasteiger partial charge in [0.25, 0.3) is 0 Å². The summed E-state index contributed by atoms with van der Waals surface area (Å²) in [5, 5.41) is 3.31. The van der Waals surface area contributed by atoms with Crippen molar-refractivity contribution in [2.75, 3.05) is 6.61 Å². The molecule has 112 valence electrons. The first-order chi connectivity index (χ1) is 9.64. The van der Waals surface area contributed by atoms with E-state index in [0.717, 1.165) is 56.5 Å². The molecule has 0 aromatic rings. The van der Waals surface area contributed by atoms with Gasteiger partial charge in [0.15, 0.2) is 0 Å². The summed E-state index contributed by atoms with van der Waals surface area (Å²) in [7, 11) is 0. The molecule has 0 spiro atoms. The van der Waals surface area contributed by atoms with Crippen LogP contribution in [0.1, 0.15) is 58.3 Å². The zero-order chi connectivity index (χ0) is 13.7. The van der Waals surface area contributed by atoms with Gasteiger partial charge in [0.1, 0.15) is 0 Å². The van der Waals surface area contributed by atoms with Crippen molar-refractivity contribution in [2.45, 2.75) is 70.4 Å². The maximum atomic E-state index is 12.9. The van der Waals surface area contributed by atoms with Gasteiger partial charge in [-0.25, -0.2) is 0 Å². The molecule has 1 amide bonds. The maximum Gasteiger partial charge on any atom is 0.226 e. The van der Waals surface area contributed by atoms with Crippen LogP contribution in [0.4, 0.5) is 0 Å². The van der Waals surface area contributed by atoms with Crippen molar-refractivity contribution in [1.29, 1.82) is 0 Å². The van der Waals surface area contributed by atoms with E-state index in [1.807, 2.05) is 0 Å². The van der Waals surface area contributed by atoms with Crippen molar-refractivity contribution in [3.8, 4) is 0 Å². The molecular formula is C17H27NO2. The second kappa shape index (κ2) is 4.72. The number of nitrogens with one attached hydrogen (secondary N) is 1. The van der Waals surface area contributed by atoms with Crippen LogP contribution >= 0.6 is 0 Å². The van der Waals surface area contributed by atoms with Gasteiger partial charge >= 0.3 is 0 Å². The third-order valence-corrected chi connectivity index (χ3v) is 6.40. The molecular weight excluding hydrogens is 250 g/mol. The second-order valence-electron chi connectivity index (χ2n) is 8.01. The molecule has 20 heavy (non-hydrogen) atoms. The van der Waals surface area contributed by atoms with Crippen LogP contribution in [0.15, 0.2) is 0 Å². The lowest BCUT2D eigenvalue weighted by Gasteiger charge is -2.55. The molecule has 4 aliphatic carbocycles. The van der Waals surface area contributed by atoms with Crippen molar-refractivity contribution >= 4 is 5.91 Å². The monoisotopic (exact) mass is 277 g/mol. The number of ether oxygens (including phenoxy) is 1. The smallest absolute Gasteiger partial charge is 0.226 e. The van der Waals surface area contributed by atoms with E-state index in [-0.39, 0.29) is 17.6 Å². The van der Waals surface area contributed by atoms with Crippen LogP contribution in [-0.4, -0.2) is 24.7 Å². The van der Waals surface area contributed by atoms with Gasteiger partial charge in [-0.1, -0.05) is 0 Å². The fourth-order valence-electron chi connectivity index (χ4n) is 5.84. The molecule has 2 atom stereocenters. The Morgan fingerprint density at radius 3 is 2.25 bits per heavy atom. The van der Waals surface area contributed by atoms with E-state index in [1.165, 1.54) is 19.3 Å². The van der Waals surface area contributed by atoms with E-state index < -0.39 is 0 Å². The molecule has 0 aromatic heterocycles. The Balaban J connectivity index is 1.45. The van der Waals surface area contributed by atoms with Crippen LogP contribution in [0.25, 0.3) is 0 Å². The highest BCUT2D eigenvalue weighted by Crippen LogP contribution is 2.60. The first kappa shape index (κ1) is 13.1. The fraction of sp³-hybridized carbons (Fsp3) is 0.941. The van der Waals surface area contributed by atoms with Crippen molar-refractivity contribution in [3.05, 3.63) is 0 Å². The molecule has 0 unspecified atom stereocenters. The molecule has 1 saturated heterocycles. The topological polar surface area (TPSA) is 38.3 Å². The van der Waals surface area contributed by atoms with Crippen LogP contribution < -0.4 is 5.32 Å². The minimum atomic E-state index is -0.0123. The van der Waals surface area contributed by atoms with Crippen molar-refractivity contribution < 1.29 is 9.53 Å². The molecule has 3 nitrogen and oxygen atoms in total. The quantitative estimate of drug-likeness (QED) is 0.861. The standard InChI is InChI=1S/C17H27NO2/c1-11(15-3-2-4-20-15)18-16(19)17-8-12-5-13(9-17)7-14(6-12)10-17/h11-15H,2-10H2,1H3,(H,18,19)/t11-,12?,13?,14?,15-,17?/m1/s1. The summed E-state index contributed by atoms with van der Waals surface area (Å²) >= 11 is 0. The van der Waals surface area contributed by atoms with Crippen molar-refractivity contribution in [1.82, 2.24) is 5.32 Å². The molecule has 1 N–H and O–H groups in total. The summed E-state index contributed by atoms with van der Waals surface area (Å²) in [6, 6.07) is 0.179. The summed E-state index contributed by atoms with van der Waals surface area (Å²) in [4.78, 5) is 12.9. The lowest BCUT2D eigenvalue weighted by atomic mass is 9.49. The first-order valence-corrected chi connectivity index (χ1v) is 8.57. The van der Waals surface area contributed by atoms with Gasteiger partial charge in [0, 0.05) is 12.0 Å². The zero-order valence-corrected chi connectivity index (χ0v) is 12.6. The highest BCUT2D eigenvalue weighted by molar-refractivity contribution is 5.83. The molecule has 1 aliphatic heterocycles. The number of hydrogen-bond acceptors (Lipinski definition) is 2. The molecule has 0 aromatic carbocycles. The predicted octanol–water partition coefficient (Wildman–Crippen LogP) is 2.89. The van der Waals surface area contributed by atoms with E-state index in [0.29, 0.717) is 5.91 Å². The van der Waals surface area contributed by atoms with Gasteiger partial charge in [0.2, 0.25) is 5.91 Å². The largest absolute Gasteiger partial charge is 0.376 e. The Kier molecular flexibility index (Phi) is 3.10. The van der Waals surface area contributed by atoms with Crippen molar-refractivity contribution in [2.24, 2.45) is 23.2 Å². The fourth-order valence-corrected chi connectivity index (χ4v) is 5.84. The van der Waals surface area contributed by atoms with Crippen molar-refractivity contribution in [3.63, 3.8) is 0 Å². The minimum absolute atomic E-state index is 0.0123. The van der Waals surface area contributed by atoms with Gasteiger partial charge in [0.05, 0.1) is 12.1 Å². The third-order valence-electron chi connectivity index (χ3n) is 6.40. The Morgan fingerprint density at radius 1 is 1.15 bits per heavy atom. The summed E-state index contributed by atoms with van der Waals surface area (Å²) in [5.74, 6) is 2.86. The highest BCUT2D eigenvalue weighted by Gasteiger charge is 2.54. The summed E-state index contributed by atoms with van der Waals surface area (Å²) in [6.07, 6.45) is 10.1. The molecule has 5 aliphatic rings.